The third kappa shape index (κ3) is 11.0. The van der Waals surface area contributed by atoms with Gasteiger partial charge in [-0.2, -0.15) is 0 Å². The van der Waals surface area contributed by atoms with E-state index in [9.17, 15) is 38.9 Å². The van der Waals surface area contributed by atoms with Gasteiger partial charge in [-0.3, -0.25) is 24.0 Å². The number of benzene rings is 2. The molecule has 3 rings (SSSR count). The molecule has 2 aromatic carbocycles. The number of aliphatic carboxylic acids is 2. The minimum Gasteiger partial charge on any atom is -0.481 e. The second-order valence-corrected chi connectivity index (χ2v) is 13.5. The average molecular weight is 708 g/mol. The molecule has 240 valence electrons. The van der Waals surface area contributed by atoms with Gasteiger partial charge >= 0.3 is 19.7 Å². The molecule has 0 bridgehead atoms. The summed E-state index contributed by atoms with van der Waals surface area (Å²) < 4.78 is 6.14. The average Bonchev–Trinajstić information content (AvgIpc) is 3.45. The lowest BCUT2D eigenvalue weighted by Gasteiger charge is -2.24. The van der Waals surface area contributed by atoms with Crippen LogP contribution >= 0.6 is 23.6 Å². The van der Waals surface area contributed by atoms with E-state index >= 15 is 0 Å². The molecule has 0 saturated heterocycles. The lowest BCUT2D eigenvalue weighted by molar-refractivity contribution is -0.139. The number of amides is 3. The number of hydrogen-bond donors (Lipinski definition) is 7. The van der Waals surface area contributed by atoms with Crippen LogP contribution in [0.2, 0.25) is 0 Å². The maximum atomic E-state index is 13.7. The molecule has 0 aliphatic heterocycles. The maximum absolute atomic E-state index is 13.7. The van der Waals surface area contributed by atoms with Gasteiger partial charge in [-0.1, -0.05) is 51.4 Å². The molecule has 3 atom stereocenters. The minimum atomic E-state index is -3.92. The van der Waals surface area contributed by atoms with E-state index in [1.165, 1.54) is 12.1 Å². The minimum absolute atomic E-state index is 0.166. The molecular weight excluding hydrogens is 675 g/mol. The number of nitrogens with zero attached hydrogens (tertiary/aromatic N) is 1. The number of carbonyl (C=O) groups excluding carboxylic acids is 3. The zero-order chi connectivity index (χ0) is 33.1. The molecule has 0 aliphatic rings. The van der Waals surface area contributed by atoms with Gasteiger partial charge in [0.25, 0.3) is 0 Å². The van der Waals surface area contributed by atoms with Crippen LogP contribution < -0.4 is 21.7 Å². The van der Waals surface area contributed by atoms with E-state index in [0.29, 0.717) is 10.2 Å². The standard InChI is InChI=1S/C29H32BrN4O10P/c30-19-6-8-21(9-7-19)45(42,43)16-18(14-20-15-24(34-44-20)17-4-2-1-3-5-17)28(40)33-23(11-13-26(37)38)29(41)32-22(27(31)39)10-12-25(35)36/h1-9,15,18,22-23,42-43H,10-14,16H2,(H5-,31,32,33,35,36,37,38,39,40,41)/p+1/t18-,22+,23+/m1/s1. The first-order valence-corrected chi connectivity index (χ1v) is 16.4. The normalized spacial score (nSPS) is 13.3. The number of carbonyl (C=O) groups is 5. The van der Waals surface area contributed by atoms with Gasteiger partial charge in [0.1, 0.15) is 29.7 Å². The van der Waals surface area contributed by atoms with Gasteiger partial charge in [0.2, 0.25) is 17.7 Å². The molecule has 1 heterocycles. The molecule has 0 radical (unpaired) electrons. The lowest BCUT2D eigenvalue weighted by Crippen LogP contribution is -2.54. The topological polar surface area (TPSA) is 242 Å². The molecule has 14 nitrogen and oxygen atoms in total. The van der Waals surface area contributed by atoms with Gasteiger partial charge in [-0.05, 0) is 37.1 Å². The van der Waals surface area contributed by atoms with E-state index in [1.54, 1.807) is 42.5 Å². The molecular formula is C29H33BrN4O10P+. The number of nitrogens with one attached hydrogen (secondary N) is 2. The summed E-state index contributed by atoms with van der Waals surface area (Å²) in [5, 5.41) is 27.1. The smallest absolute Gasteiger partial charge is 0.303 e. The van der Waals surface area contributed by atoms with Crippen molar-refractivity contribution in [3.05, 3.63) is 70.9 Å². The van der Waals surface area contributed by atoms with E-state index in [2.05, 4.69) is 31.7 Å². The predicted molar refractivity (Wildman–Crippen MR) is 166 cm³/mol. The first-order chi connectivity index (χ1) is 21.2. The van der Waals surface area contributed by atoms with Gasteiger partial charge < -0.3 is 31.1 Å². The van der Waals surface area contributed by atoms with Crippen molar-refractivity contribution < 1.29 is 48.5 Å². The van der Waals surface area contributed by atoms with Gasteiger partial charge in [0.15, 0.2) is 5.30 Å². The number of hydrogen-bond acceptors (Lipinski definition) is 9. The Morgan fingerprint density at radius 2 is 1.44 bits per heavy atom. The number of aromatic nitrogens is 1. The largest absolute Gasteiger partial charge is 0.481 e. The van der Waals surface area contributed by atoms with E-state index in [0.717, 1.165) is 5.56 Å². The zero-order valence-corrected chi connectivity index (χ0v) is 26.3. The molecule has 8 N–H and O–H groups in total. The highest BCUT2D eigenvalue weighted by Gasteiger charge is 2.43. The second kappa shape index (κ2) is 16.2. The summed E-state index contributed by atoms with van der Waals surface area (Å²) >= 11 is 3.29. The summed E-state index contributed by atoms with van der Waals surface area (Å²) in [5.74, 6) is -6.28. The fourth-order valence-corrected chi connectivity index (χ4v) is 6.39. The summed E-state index contributed by atoms with van der Waals surface area (Å²) in [6, 6.07) is 14.0. The van der Waals surface area contributed by atoms with Crippen molar-refractivity contribution in [3.8, 4) is 11.3 Å². The van der Waals surface area contributed by atoms with Crippen LogP contribution in [0.4, 0.5) is 0 Å². The van der Waals surface area contributed by atoms with Crippen molar-refractivity contribution in [2.45, 2.75) is 44.2 Å². The molecule has 16 heteroatoms. The molecule has 3 aromatic rings. The van der Waals surface area contributed by atoms with Crippen molar-refractivity contribution in [3.63, 3.8) is 0 Å². The van der Waals surface area contributed by atoms with Gasteiger partial charge in [-0.25, -0.2) is 9.79 Å². The monoisotopic (exact) mass is 707 g/mol. The molecule has 0 spiro atoms. The van der Waals surface area contributed by atoms with Crippen LogP contribution in [0.15, 0.2) is 69.7 Å². The summed E-state index contributed by atoms with van der Waals surface area (Å²) in [5.41, 5.74) is 6.53. The van der Waals surface area contributed by atoms with Crippen LogP contribution in [0, 0.1) is 5.92 Å². The Kier molecular flexibility index (Phi) is 12.7. The Bertz CT molecular complexity index is 1500. The molecule has 1 aromatic heterocycles. The van der Waals surface area contributed by atoms with E-state index in [4.69, 9.17) is 15.4 Å². The van der Waals surface area contributed by atoms with Crippen LogP contribution in [-0.4, -0.2) is 73.1 Å². The number of halogens is 1. The fraction of sp³-hybridized carbons (Fsp3) is 0.310. The number of carboxylic acid groups (broad SMARTS) is 2. The summed E-state index contributed by atoms with van der Waals surface area (Å²) in [6.07, 6.45) is -2.38. The molecule has 3 amide bonds. The van der Waals surface area contributed by atoms with E-state index in [1.807, 2.05) is 6.07 Å². The van der Waals surface area contributed by atoms with E-state index in [-0.39, 0.29) is 23.9 Å². The number of carboxylic acids is 2. The number of rotatable bonds is 17. The fourth-order valence-electron chi connectivity index (χ4n) is 4.38. The summed E-state index contributed by atoms with van der Waals surface area (Å²) in [4.78, 5) is 83.2. The highest BCUT2D eigenvalue weighted by Crippen LogP contribution is 2.50. The first kappa shape index (κ1) is 35.3. The summed E-state index contributed by atoms with van der Waals surface area (Å²) in [6.45, 7) is 0. The Morgan fingerprint density at radius 1 is 0.867 bits per heavy atom. The number of primary amides is 1. The van der Waals surface area contributed by atoms with E-state index < -0.39 is 80.8 Å². The number of nitrogens with two attached hydrogens (primary N) is 1. The van der Waals surface area contributed by atoms with Crippen molar-refractivity contribution in [2.75, 3.05) is 6.16 Å². The zero-order valence-electron chi connectivity index (χ0n) is 23.8. The Labute approximate surface area is 266 Å². The molecule has 0 aliphatic carbocycles. The highest BCUT2D eigenvalue weighted by atomic mass is 79.9. The molecule has 0 fully saturated rings. The van der Waals surface area contributed by atoms with Crippen LogP contribution in [0.25, 0.3) is 11.3 Å². The Morgan fingerprint density at radius 3 is 2.02 bits per heavy atom. The maximum Gasteiger partial charge on any atom is 0.303 e. The SMILES string of the molecule is NC(=O)[C@H](CCC(=O)O)NC(=O)[C@H](CCC(=O)O)NC(=O)[C@H](Cc1cc(-c2ccccc2)no1)C[P+](O)(O)c1ccc(Br)cc1. The van der Waals surface area contributed by atoms with Crippen molar-refractivity contribution in [1.82, 2.24) is 15.8 Å². The van der Waals surface area contributed by atoms with Gasteiger partial charge in [0, 0.05) is 35.4 Å². The van der Waals surface area contributed by atoms with Gasteiger partial charge in [-0.15, -0.1) is 0 Å². The lowest BCUT2D eigenvalue weighted by atomic mass is 10.0. The first-order valence-electron chi connectivity index (χ1n) is 13.7. The third-order valence-corrected chi connectivity index (χ3v) is 9.35. The highest BCUT2D eigenvalue weighted by molar-refractivity contribution is 9.10. The Hall–Kier alpha value is -4.17. The van der Waals surface area contributed by atoms with Crippen LogP contribution in [0.3, 0.4) is 0 Å². The second-order valence-electron chi connectivity index (χ2n) is 10.2. The summed E-state index contributed by atoms with van der Waals surface area (Å²) in [7, 11) is -3.92. The molecule has 0 unspecified atom stereocenters. The van der Waals surface area contributed by atoms with Crippen LogP contribution in [0.5, 0.6) is 0 Å². The van der Waals surface area contributed by atoms with Crippen molar-refractivity contribution >= 4 is 58.6 Å². The van der Waals surface area contributed by atoms with Crippen molar-refractivity contribution in [2.24, 2.45) is 11.7 Å². The molecule has 45 heavy (non-hydrogen) atoms. The van der Waals surface area contributed by atoms with Crippen LogP contribution in [0.1, 0.15) is 31.4 Å². The third-order valence-electron chi connectivity index (χ3n) is 6.75. The quantitative estimate of drug-likeness (QED) is 0.0994. The van der Waals surface area contributed by atoms with Gasteiger partial charge in [0.05, 0.1) is 5.92 Å². The Balaban J connectivity index is 1.88. The van der Waals surface area contributed by atoms with Crippen molar-refractivity contribution in [1.29, 1.82) is 0 Å². The predicted octanol–water partition coefficient (Wildman–Crippen LogP) is 1.61. The van der Waals surface area contributed by atoms with Crippen LogP contribution in [-0.2, 0) is 30.4 Å². The molecule has 0 saturated carbocycles.